The predicted molar refractivity (Wildman–Crippen MR) is 177 cm³/mol. The van der Waals surface area contributed by atoms with Crippen molar-refractivity contribution < 1.29 is 14.3 Å². The van der Waals surface area contributed by atoms with Gasteiger partial charge < -0.3 is 14.5 Å². The number of hydrogen-bond donors (Lipinski definition) is 0. The van der Waals surface area contributed by atoms with Crippen LogP contribution >= 0.6 is 0 Å². The SMILES string of the molecule is COc1ccc(/C=C/C(=O)N(Cc2ccc(-c3cncnc3)cc2)[C@@H](Cc2ccccc2)C(=O)N2CCc3ccccc3C2)cn1. The number of carbonyl (C=O) groups is 2. The number of amides is 2. The molecule has 3 heterocycles. The van der Waals surface area contributed by atoms with Crippen molar-refractivity contribution in [3.8, 4) is 17.0 Å². The molecular formula is C38H35N5O3. The molecule has 0 aliphatic carbocycles. The Hall–Kier alpha value is -5.63. The number of benzene rings is 3. The molecule has 230 valence electrons. The van der Waals surface area contributed by atoms with Gasteiger partial charge in [-0.25, -0.2) is 15.0 Å². The zero-order valence-electron chi connectivity index (χ0n) is 25.7. The lowest BCUT2D eigenvalue weighted by Crippen LogP contribution is -2.52. The number of nitrogens with zero attached hydrogens (tertiary/aromatic N) is 5. The smallest absolute Gasteiger partial charge is 0.247 e. The maximum atomic E-state index is 14.5. The van der Waals surface area contributed by atoms with E-state index < -0.39 is 6.04 Å². The van der Waals surface area contributed by atoms with Gasteiger partial charge in [-0.1, -0.05) is 78.9 Å². The average Bonchev–Trinajstić information content (AvgIpc) is 3.13. The summed E-state index contributed by atoms with van der Waals surface area (Å²) in [7, 11) is 1.56. The molecule has 1 aliphatic heterocycles. The minimum absolute atomic E-state index is 0.0655. The number of fused-ring (bicyclic) bond motifs is 1. The van der Waals surface area contributed by atoms with Gasteiger partial charge in [-0.05, 0) is 51.9 Å². The van der Waals surface area contributed by atoms with Crippen molar-refractivity contribution in [2.45, 2.75) is 32.0 Å². The van der Waals surface area contributed by atoms with E-state index >= 15 is 0 Å². The lowest BCUT2D eigenvalue weighted by atomic mass is 9.97. The van der Waals surface area contributed by atoms with E-state index in [0.717, 1.165) is 39.8 Å². The van der Waals surface area contributed by atoms with Crippen molar-refractivity contribution in [3.05, 3.63) is 150 Å². The molecule has 0 unspecified atom stereocenters. The zero-order chi connectivity index (χ0) is 31.7. The van der Waals surface area contributed by atoms with E-state index in [4.69, 9.17) is 4.74 Å². The van der Waals surface area contributed by atoms with Crippen molar-refractivity contribution in [1.82, 2.24) is 24.8 Å². The number of hydrogen-bond acceptors (Lipinski definition) is 6. The normalized spacial score (nSPS) is 13.2. The zero-order valence-corrected chi connectivity index (χ0v) is 25.7. The number of ether oxygens (including phenoxy) is 1. The predicted octanol–water partition coefficient (Wildman–Crippen LogP) is 5.79. The Morgan fingerprint density at radius 1 is 0.848 bits per heavy atom. The van der Waals surface area contributed by atoms with E-state index in [1.54, 1.807) is 42.7 Å². The first kappa shape index (κ1) is 30.4. The molecule has 0 saturated carbocycles. The fraction of sp³-hybridized carbons (Fsp3) is 0.184. The van der Waals surface area contributed by atoms with Gasteiger partial charge in [0.1, 0.15) is 12.4 Å². The molecule has 8 heteroatoms. The molecule has 0 spiro atoms. The van der Waals surface area contributed by atoms with Crippen LogP contribution in [0.3, 0.4) is 0 Å². The number of pyridine rings is 1. The van der Waals surface area contributed by atoms with Gasteiger partial charge in [-0.2, -0.15) is 0 Å². The highest BCUT2D eigenvalue weighted by Gasteiger charge is 2.34. The maximum Gasteiger partial charge on any atom is 0.247 e. The van der Waals surface area contributed by atoms with Crippen LogP contribution in [0.4, 0.5) is 0 Å². The highest BCUT2D eigenvalue weighted by Crippen LogP contribution is 2.24. The lowest BCUT2D eigenvalue weighted by molar-refractivity contribution is -0.144. The minimum Gasteiger partial charge on any atom is -0.481 e. The second-order valence-corrected chi connectivity index (χ2v) is 11.2. The second kappa shape index (κ2) is 14.4. The van der Waals surface area contributed by atoms with Gasteiger partial charge in [0.25, 0.3) is 0 Å². The molecule has 5 aromatic rings. The van der Waals surface area contributed by atoms with Crippen molar-refractivity contribution in [1.29, 1.82) is 0 Å². The summed E-state index contributed by atoms with van der Waals surface area (Å²) in [5, 5.41) is 0. The third kappa shape index (κ3) is 7.35. The molecule has 46 heavy (non-hydrogen) atoms. The van der Waals surface area contributed by atoms with Crippen LogP contribution in [0.1, 0.15) is 27.8 Å². The first-order valence-electron chi connectivity index (χ1n) is 15.3. The topological polar surface area (TPSA) is 88.5 Å². The Labute approximate surface area is 269 Å². The van der Waals surface area contributed by atoms with Gasteiger partial charge in [0.2, 0.25) is 17.7 Å². The lowest BCUT2D eigenvalue weighted by Gasteiger charge is -2.37. The van der Waals surface area contributed by atoms with Crippen LogP contribution in [0.15, 0.2) is 122 Å². The third-order valence-corrected chi connectivity index (χ3v) is 8.25. The van der Waals surface area contributed by atoms with Crippen LogP contribution in [0, 0.1) is 0 Å². The Bertz CT molecular complexity index is 1790. The molecule has 1 atom stereocenters. The van der Waals surface area contributed by atoms with E-state index in [-0.39, 0.29) is 18.4 Å². The summed E-state index contributed by atoms with van der Waals surface area (Å²) in [5.74, 6) is 0.166. The molecule has 0 saturated heterocycles. The molecule has 2 aromatic heterocycles. The summed E-state index contributed by atoms with van der Waals surface area (Å²) in [4.78, 5) is 44.8. The summed E-state index contributed by atoms with van der Waals surface area (Å²) in [6.07, 6.45) is 11.1. The minimum atomic E-state index is -0.721. The first-order valence-corrected chi connectivity index (χ1v) is 15.3. The molecule has 1 aliphatic rings. The molecule has 3 aromatic carbocycles. The van der Waals surface area contributed by atoms with E-state index in [2.05, 4.69) is 27.1 Å². The average molecular weight is 610 g/mol. The molecule has 0 bridgehead atoms. The van der Waals surface area contributed by atoms with E-state index in [1.165, 1.54) is 18.0 Å². The van der Waals surface area contributed by atoms with Crippen LogP contribution < -0.4 is 4.74 Å². The number of rotatable bonds is 10. The summed E-state index contributed by atoms with van der Waals surface area (Å²) in [6, 6.07) is 29.0. The molecule has 2 amide bonds. The Balaban J connectivity index is 1.34. The summed E-state index contributed by atoms with van der Waals surface area (Å²) in [6.45, 7) is 1.37. The van der Waals surface area contributed by atoms with Crippen LogP contribution in [0.5, 0.6) is 5.88 Å². The van der Waals surface area contributed by atoms with E-state index in [9.17, 15) is 9.59 Å². The van der Waals surface area contributed by atoms with Crippen molar-refractivity contribution in [3.63, 3.8) is 0 Å². The Morgan fingerprint density at radius 2 is 1.59 bits per heavy atom. The molecule has 0 fully saturated rings. The standard InChI is InChI=1S/C38H35N5O3/c1-46-36-17-13-29(22-41-36)14-18-37(44)43(25-30-11-15-32(16-12-30)34-23-39-27-40-24-34)35(21-28-7-3-2-4-8-28)38(45)42-20-19-31-9-5-6-10-33(31)26-42/h2-18,22-24,27,35H,19-21,25-26H2,1H3/b18-14+/t35-/m0/s1. The van der Waals surface area contributed by atoms with Gasteiger partial charge in [0.05, 0.1) is 7.11 Å². The fourth-order valence-electron chi connectivity index (χ4n) is 5.73. The summed E-state index contributed by atoms with van der Waals surface area (Å²) < 4.78 is 5.17. The summed E-state index contributed by atoms with van der Waals surface area (Å²) >= 11 is 0. The van der Waals surface area contributed by atoms with Crippen LogP contribution in [0.25, 0.3) is 17.2 Å². The summed E-state index contributed by atoms with van der Waals surface area (Å²) in [5.41, 5.74) is 6.92. The van der Waals surface area contributed by atoms with Gasteiger partial charge in [-0.3, -0.25) is 9.59 Å². The van der Waals surface area contributed by atoms with Crippen molar-refractivity contribution in [2.75, 3.05) is 13.7 Å². The molecule has 0 radical (unpaired) electrons. The van der Waals surface area contributed by atoms with Crippen LogP contribution in [0.2, 0.25) is 0 Å². The van der Waals surface area contributed by atoms with Gasteiger partial charge in [-0.15, -0.1) is 0 Å². The van der Waals surface area contributed by atoms with Crippen molar-refractivity contribution in [2.24, 2.45) is 0 Å². The van der Waals surface area contributed by atoms with Crippen LogP contribution in [-0.4, -0.2) is 56.3 Å². The Morgan fingerprint density at radius 3 is 2.30 bits per heavy atom. The largest absolute Gasteiger partial charge is 0.481 e. The number of carbonyl (C=O) groups excluding carboxylic acids is 2. The van der Waals surface area contributed by atoms with Gasteiger partial charge in [0.15, 0.2) is 0 Å². The van der Waals surface area contributed by atoms with Crippen LogP contribution in [-0.2, 0) is 35.5 Å². The van der Waals surface area contributed by atoms with E-state index in [1.807, 2.05) is 77.7 Å². The van der Waals surface area contributed by atoms with Gasteiger partial charge in [0, 0.05) is 62.4 Å². The number of aromatic nitrogens is 3. The highest BCUT2D eigenvalue weighted by atomic mass is 16.5. The quantitative estimate of drug-likeness (QED) is 0.187. The first-order chi connectivity index (χ1) is 22.6. The fourth-order valence-corrected chi connectivity index (χ4v) is 5.73. The van der Waals surface area contributed by atoms with Gasteiger partial charge >= 0.3 is 0 Å². The van der Waals surface area contributed by atoms with E-state index in [0.29, 0.717) is 25.4 Å². The highest BCUT2D eigenvalue weighted by molar-refractivity contribution is 5.95. The second-order valence-electron chi connectivity index (χ2n) is 11.2. The molecular weight excluding hydrogens is 574 g/mol. The molecule has 0 N–H and O–H groups in total. The molecule has 6 rings (SSSR count). The Kier molecular flexibility index (Phi) is 9.54. The maximum absolute atomic E-state index is 14.5. The number of methoxy groups -OCH3 is 1. The third-order valence-electron chi connectivity index (χ3n) is 8.25. The molecule has 8 nitrogen and oxygen atoms in total. The monoisotopic (exact) mass is 609 g/mol. The van der Waals surface area contributed by atoms with Crippen molar-refractivity contribution >= 4 is 17.9 Å².